The first-order chi connectivity index (χ1) is 8.65. The largest absolute Gasteiger partial charge is 0.357 e. The zero-order valence-corrected chi connectivity index (χ0v) is 11.1. The zero-order valence-electron chi connectivity index (χ0n) is 11.1. The molecule has 1 aromatic rings. The van der Waals surface area contributed by atoms with Crippen LogP contribution in [-0.4, -0.2) is 31.6 Å². The van der Waals surface area contributed by atoms with Gasteiger partial charge >= 0.3 is 0 Å². The molecule has 2 rings (SSSR count). The molecule has 0 radical (unpaired) electrons. The van der Waals surface area contributed by atoms with Crippen LogP contribution in [0.5, 0.6) is 0 Å². The van der Waals surface area contributed by atoms with Gasteiger partial charge in [-0.3, -0.25) is 4.79 Å². The van der Waals surface area contributed by atoms with Crippen LogP contribution < -0.4 is 16.0 Å². The lowest BCUT2D eigenvalue weighted by Gasteiger charge is -2.38. The van der Waals surface area contributed by atoms with E-state index < -0.39 is 0 Å². The topological polar surface area (TPSA) is 58.4 Å². The van der Waals surface area contributed by atoms with E-state index in [0.29, 0.717) is 19.5 Å². The van der Waals surface area contributed by atoms with Crippen molar-refractivity contribution in [3.8, 4) is 0 Å². The molecule has 0 bridgehead atoms. The molecule has 1 fully saturated rings. The minimum Gasteiger partial charge on any atom is -0.357 e. The molecular weight excluding hydrogens is 226 g/mol. The maximum Gasteiger partial charge on any atom is 0.242 e. The van der Waals surface area contributed by atoms with Crippen molar-refractivity contribution in [1.29, 1.82) is 0 Å². The number of carbonyl (C=O) groups is 1. The van der Waals surface area contributed by atoms with Gasteiger partial charge in [0.15, 0.2) is 0 Å². The summed E-state index contributed by atoms with van der Waals surface area (Å²) in [5.74, 6) is 0.0920. The van der Waals surface area contributed by atoms with Gasteiger partial charge < -0.3 is 16.0 Å². The van der Waals surface area contributed by atoms with Crippen molar-refractivity contribution >= 4 is 11.6 Å². The maximum atomic E-state index is 12.0. The van der Waals surface area contributed by atoms with Crippen molar-refractivity contribution in [1.82, 2.24) is 5.32 Å². The third-order valence-corrected chi connectivity index (χ3v) is 3.50. The average Bonchev–Trinajstić information content (AvgIpc) is 2.33. The number of hydrogen-bond donors (Lipinski definition) is 2. The van der Waals surface area contributed by atoms with E-state index in [1.807, 2.05) is 0 Å². The predicted molar refractivity (Wildman–Crippen MR) is 73.7 cm³/mol. The molecule has 98 valence electrons. The molecule has 0 spiro atoms. The number of amides is 1. The number of piperazine rings is 1. The molecule has 1 aromatic carbocycles. The third kappa shape index (κ3) is 2.34. The second-order valence-corrected chi connectivity index (χ2v) is 4.82. The molecule has 1 saturated heterocycles. The van der Waals surface area contributed by atoms with Crippen LogP contribution in [0.3, 0.4) is 0 Å². The number of para-hydroxylation sites is 1. The Labute approximate surface area is 108 Å². The third-order valence-electron chi connectivity index (χ3n) is 3.50. The van der Waals surface area contributed by atoms with Gasteiger partial charge in [-0.25, -0.2) is 0 Å². The summed E-state index contributed by atoms with van der Waals surface area (Å²) in [6.45, 7) is 6.26. The summed E-state index contributed by atoms with van der Waals surface area (Å²) in [7, 11) is 0. The van der Waals surface area contributed by atoms with E-state index in [1.165, 1.54) is 16.8 Å². The number of nitrogens with two attached hydrogens (primary N) is 1. The van der Waals surface area contributed by atoms with E-state index in [4.69, 9.17) is 5.73 Å². The van der Waals surface area contributed by atoms with Gasteiger partial charge in [-0.05, 0) is 37.9 Å². The zero-order chi connectivity index (χ0) is 13.1. The second kappa shape index (κ2) is 5.40. The van der Waals surface area contributed by atoms with Crippen LogP contribution in [0.2, 0.25) is 0 Å². The summed E-state index contributed by atoms with van der Waals surface area (Å²) in [6, 6.07) is 6.10. The molecule has 1 heterocycles. The van der Waals surface area contributed by atoms with Crippen LogP contribution in [0, 0.1) is 13.8 Å². The molecule has 0 aliphatic carbocycles. The first-order valence-corrected chi connectivity index (χ1v) is 6.45. The summed E-state index contributed by atoms with van der Waals surface area (Å²) < 4.78 is 0. The van der Waals surface area contributed by atoms with E-state index in [1.54, 1.807) is 0 Å². The van der Waals surface area contributed by atoms with Crippen LogP contribution >= 0.6 is 0 Å². The smallest absolute Gasteiger partial charge is 0.242 e. The van der Waals surface area contributed by atoms with E-state index in [2.05, 4.69) is 42.3 Å². The van der Waals surface area contributed by atoms with E-state index in [0.717, 1.165) is 6.54 Å². The summed E-state index contributed by atoms with van der Waals surface area (Å²) in [5, 5.41) is 2.92. The van der Waals surface area contributed by atoms with Crippen molar-refractivity contribution < 1.29 is 4.79 Å². The molecule has 3 N–H and O–H groups in total. The van der Waals surface area contributed by atoms with Crippen molar-refractivity contribution in [3.63, 3.8) is 0 Å². The molecule has 0 saturated carbocycles. The Hall–Kier alpha value is -1.55. The highest BCUT2D eigenvalue weighted by Crippen LogP contribution is 2.28. The molecular formula is C14H21N3O. The number of aryl methyl sites for hydroxylation is 2. The van der Waals surface area contributed by atoms with Gasteiger partial charge in [-0.15, -0.1) is 0 Å². The number of carbonyl (C=O) groups excluding carboxylic acids is 1. The van der Waals surface area contributed by atoms with E-state index >= 15 is 0 Å². The molecule has 0 aromatic heterocycles. The summed E-state index contributed by atoms with van der Waals surface area (Å²) in [5.41, 5.74) is 9.25. The number of rotatable bonds is 3. The summed E-state index contributed by atoms with van der Waals surface area (Å²) in [6.07, 6.45) is 0.694. The van der Waals surface area contributed by atoms with Crippen LogP contribution in [0.15, 0.2) is 18.2 Å². The van der Waals surface area contributed by atoms with Gasteiger partial charge in [0.05, 0.1) is 0 Å². The van der Waals surface area contributed by atoms with Gasteiger partial charge in [-0.1, -0.05) is 18.2 Å². The normalized spacial score (nSPS) is 19.8. The fraction of sp³-hybridized carbons (Fsp3) is 0.500. The molecule has 1 aliphatic heterocycles. The average molecular weight is 247 g/mol. The van der Waals surface area contributed by atoms with Crippen LogP contribution in [0.4, 0.5) is 5.69 Å². The first-order valence-electron chi connectivity index (χ1n) is 6.45. The maximum absolute atomic E-state index is 12.0. The SMILES string of the molecule is Cc1cccc(C)c1N1CCNC(=O)C1CCN. The number of nitrogens with one attached hydrogen (secondary N) is 1. The quantitative estimate of drug-likeness (QED) is 0.836. The van der Waals surface area contributed by atoms with Crippen LogP contribution in [-0.2, 0) is 4.79 Å². The molecule has 4 heteroatoms. The number of anilines is 1. The van der Waals surface area contributed by atoms with Gasteiger partial charge in [0.1, 0.15) is 6.04 Å². The lowest BCUT2D eigenvalue weighted by Crippen LogP contribution is -2.56. The Bertz CT molecular complexity index is 424. The minimum absolute atomic E-state index is 0.0920. The summed E-state index contributed by atoms with van der Waals surface area (Å²) in [4.78, 5) is 14.2. The Kier molecular flexibility index (Phi) is 3.87. The Morgan fingerprint density at radius 2 is 2.06 bits per heavy atom. The standard InChI is InChI=1S/C14H21N3O/c1-10-4-3-5-11(2)13(10)17-9-8-16-14(18)12(17)6-7-15/h3-5,12H,6-9,15H2,1-2H3,(H,16,18). The van der Waals surface area contributed by atoms with Crippen LogP contribution in [0.25, 0.3) is 0 Å². The lowest BCUT2D eigenvalue weighted by atomic mass is 10.0. The van der Waals surface area contributed by atoms with Gasteiger partial charge in [0, 0.05) is 18.8 Å². The minimum atomic E-state index is -0.136. The number of hydrogen-bond acceptors (Lipinski definition) is 3. The molecule has 1 amide bonds. The fourth-order valence-corrected chi connectivity index (χ4v) is 2.69. The predicted octanol–water partition coefficient (Wildman–Crippen LogP) is 0.957. The van der Waals surface area contributed by atoms with Crippen molar-refractivity contribution in [2.45, 2.75) is 26.3 Å². The van der Waals surface area contributed by atoms with E-state index in [9.17, 15) is 4.79 Å². The van der Waals surface area contributed by atoms with Gasteiger partial charge in [0.25, 0.3) is 0 Å². The molecule has 1 unspecified atom stereocenters. The Morgan fingerprint density at radius 1 is 1.39 bits per heavy atom. The highest BCUT2D eigenvalue weighted by Gasteiger charge is 2.30. The second-order valence-electron chi connectivity index (χ2n) is 4.82. The lowest BCUT2D eigenvalue weighted by molar-refractivity contribution is -0.123. The number of nitrogens with zero attached hydrogens (tertiary/aromatic N) is 1. The first kappa shape index (κ1) is 12.9. The monoisotopic (exact) mass is 247 g/mol. The van der Waals surface area contributed by atoms with E-state index in [-0.39, 0.29) is 11.9 Å². The van der Waals surface area contributed by atoms with Crippen molar-refractivity contribution in [2.75, 3.05) is 24.5 Å². The van der Waals surface area contributed by atoms with Crippen molar-refractivity contribution in [3.05, 3.63) is 29.3 Å². The van der Waals surface area contributed by atoms with Gasteiger partial charge in [-0.2, -0.15) is 0 Å². The molecule has 4 nitrogen and oxygen atoms in total. The fourth-order valence-electron chi connectivity index (χ4n) is 2.69. The van der Waals surface area contributed by atoms with Crippen LogP contribution in [0.1, 0.15) is 17.5 Å². The number of benzene rings is 1. The van der Waals surface area contributed by atoms with Gasteiger partial charge in [0.2, 0.25) is 5.91 Å². The molecule has 1 atom stereocenters. The highest BCUT2D eigenvalue weighted by molar-refractivity contribution is 5.87. The Morgan fingerprint density at radius 3 is 2.67 bits per heavy atom. The molecule has 18 heavy (non-hydrogen) atoms. The summed E-state index contributed by atoms with van der Waals surface area (Å²) >= 11 is 0. The van der Waals surface area contributed by atoms with Crippen molar-refractivity contribution in [2.24, 2.45) is 5.73 Å². The Balaban J connectivity index is 2.37. The highest BCUT2D eigenvalue weighted by atomic mass is 16.2. The molecule has 1 aliphatic rings.